The number of nitrogens with one attached hydrogen (secondary N) is 2. The van der Waals surface area contributed by atoms with E-state index in [2.05, 4.69) is 15.5 Å². The Kier molecular flexibility index (Phi) is 3.43. The van der Waals surface area contributed by atoms with Crippen molar-refractivity contribution < 1.29 is 14.7 Å². The summed E-state index contributed by atoms with van der Waals surface area (Å²) >= 11 is 0. The maximum atomic E-state index is 12.3. The Morgan fingerprint density at radius 1 is 1.24 bits per heavy atom. The molecule has 0 fully saturated rings. The summed E-state index contributed by atoms with van der Waals surface area (Å²) in [5, 5.41) is 19.7. The first kappa shape index (κ1) is 13.4. The minimum Gasteiger partial charge on any atom is -0.481 e. The van der Waals surface area contributed by atoms with Gasteiger partial charge in [0, 0.05) is 11.1 Å². The molecule has 0 bridgehead atoms. The Bertz CT molecular complexity index is 720. The van der Waals surface area contributed by atoms with E-state index in [0.29, 0.717) is 18.5 Å². The normalized spacial score (nSPS) is 21.3. The Balaban J connectivity index is 1.78. The molecule has 0 unspecified atom stereocenters. The zero-order valence-electron chi connectivity index (χ0n) is 11.2. The fourth-order valence-electron chi connectivity index (χ4n) is 2.63. The first-order chi connectivity index (χ1) is 10.1. The smallest absolute Gasteiger partial charge is 0.307 e. The van der Waals surface area contributed by atoms with E-state index >= 15 is 0 Å². The third-order valence-corrected chi connectivity index (χ3v) is 3.80. The van der Waals surface area contributed by atoms with Crippen LogP contribution in [0.3, 0.4) is 0 Å². The SMILES string of the molecule is O=C(O)[C@H]1CC=CC[C@H]1C(=O)Nc1ccc2cn[nH]c2c1. The fourth-order valence-corrected chi connectivity index (χ4v) is 2.63. The van der Waals surface area contributed by atoms with Crippen LogP contribution in [0, 0.1) is 11.8 Å². The van der Waals surface area contributed by atoms with Gasteiger partial charge in [-0.2, -0.15) is 5.10 Å². The number of hydrogen-bond acceptors (Lipinski definition) is 3. The van der Waals surface area contributed by atoms with Gasteiger partial charge >= 0.3 is 5.97 Å². The van der Waals surface area contributed by atoms with Gasteiger partial charge in [-0.25, -0.2) is 0 Å². The van der Waals surface area contributed by atoms with Crippen LogP contribution in [0.15, 0.2) is 36.5 Å². The quantitative estimate of drug-likeness (QED) is 0.753. The number of nitrogens with zero attached hydrogens (tertiary/aromatic N) is 1. The Hall–Kier alpha value is -2.63. The first-order valence-corrected chi connectivity index (χ1v) is 6.77. The van der Waals surface area contributed by atoms with Crippen LogP contribution in [-0.4, -0.2) is 27.2 Å². The summed E-state index contributed by atoms with van der Waals surface area (Å²) in [6, 6.07) is 5.42. The molecule has 21 heavy (non-hydrogen) atoms. The maximum Gasteiger partial charge on any atom is 0.307 e. The highest BCUT2D eigenvalue weighted by Gasteiger charge is 2.33. The van der Waals surface area contributed by atoms with Gasteiger partial charge in [-0.05, 0) is 31.0 Å². The van der Waals surface area contributed by atoms with Crippen molar-refractivity contribution in [3.05, 3.63) is 36.5 Å². The fraction of sp³-hybridized carbons (Fsp3) is 0.267. The van der Waals surface area contributed by atoms with Gasteiger partial charge in [-0.15, -0.1) is 0 Å². The number of rotatable bonds is 3. The minimum absolute atomic E-state index is 0.259. The van der Waals surface area contributed by atoms with Crippen LogP contribution in [0.5, 0.6) is 0 Å². The molecule has 1 aromatic heterocycles. The Morgan fingerprint density at radius 3 is 2.76 bits per heavy atom. The van der Waals surface area contributed by atoms with Gasteiger partial charge in [0.2, 0.25) is 5.91 Å². The van der Waals surface area contributed by atoms with E-state index in [9.17, 15) is 14.7 Å². The lowest BCUT2D eigenvalue weighted by molar-refractivity contribution is -0.146. The van der Waals surface area contributed by atoms with E-state index in [-0.39, 0.29) is 5.91 Å². The predicted molar refractivity (Wildman–Crippen MR) is 77.7 cm³/mol. The molecule has 0 aliphatic heterocycles. The summed E-state index contributed by atoms with van der Waals surface area (Å²) in [6.07, 6.45) is 6.23. The van der Waals surface area contributed by atoms with Gasteiger partial charge in [0.15, 0.2) is 0 Å². The lowest BCUT2D eigenvalue weighted by Crippen LogP contribution is -2.34. The van der Waals surface area contributed by atoms with Crippen molar-refractivity contribution in [2.24, 2.45) is 11.8 Å². The average molecular weight is 285 g/mol. The second kappa shape index (κ2) is 5.40. The number of aromatic amines is 1. The molecule has 2 aromatic rings. The van der Waals surface area contributed by atoms with E-state index in [1.54, 1.807) is 18.3 Å². The number of allylic oxidation sites excluding steroid dienone is 2. The summed E-state index contributed by atoms with van der Waals surface area (Å²) in [6.45, 7) is 0. The second-order valence-corrected chi connectivity index (χ2v) is 5.16. The number of benzene rings is 1. The van der Waals surface area contributed by atoms with Gasteiger partial charge in [-0.1, -0.05) is 12.2 Å². The lowest BCUT2D eigenvalue weighted by Gasteiger charge is -2.24. The average Bonchev–Trinajstić information content (AvgIpc) is 2.94. The molecule has 0 spiro atoms. The van der Waals surface area contributed by atoms with Crippen LogP contribution in [0.1, 0.15) is 12.8 Å². The number of carboxylic acids is 1. The van der Waals surface area contributed by atoms with Crippen LogP contribution < -0.4 is 5.32 Å². The molecule has 0 radical (unpaired) electrons. The number of aromatic nitrogens is 2. The summed E-state index contributed by atoms with van der Waals surface area (Å²) in [7, 11) is 0. The molecule has 2 atom stereocenters. The van der Waals surface area contributed by atoms with Gasteiger partial charge in [0.25, 0.3) is 0 Å². The maximum absolute atomic E-state index is 12.3. The van der Waals surface area contributed by atoms with Crippen LogP contribution in [0.25, 0.3) is 10.9 Å². The molecule has 6 heteroatoms. The minimum atomic E-state index is -0.927. The number of H-pyrrole nitrogens is 1. The summed E-state index contributed by atoms with van der Waals surface area (Å²) in [4.78, 5) is 23.6. The summed E-state index contributed by atoms with van der Waals surface area (Å²) in [5.41, 5.74) is 1.46. The van der Waals surface area contributed by atoms with Crippen molar-refractivity contribution >= 4 is 28.5 Å². The molecule has 3 rings (SSSR count). The zero-order chi connectivity index (χ0) is 14.8. The Morgan fingerprint density at radius 2 is 2.00 bits per heavy atom. The third kappa shape index (κ3) is 2.65. The van der Waals surface area contributed by atoms with Crippen LogP contribution in [0.2, 0.25) is 0 Å². The topological polar surface area (TPSA) is 95.1 Å². The van der Waals surface area contributed by atoms with Gasteiger partial charge in [0.05, 0.1) is 23.5 Å². The monoisotopic (exact) mass is 285 g/mol. The second-order valence-electron chi connectivity index (χ2n) is 5.16. The molecule has 1 aromatic carbocycles. The van der Waals surface area contributed by atoms with Crippen molar-refractivity contribution in [1.29, 1.82) is 0 Å². The van der Waals surface area contributed by atoms with Crippen LogP contribution in [0.4, 0.5) is 5.69 Å². The molecule has 1 aliphatic carbocycles. The standard InChI is InChI=1S/C15H15N3O3/c19-14(11-3-1-2-4-12(11)15(20)21)17-10-6-5-9-8-16-18-13(9)7-10/h1-2,5-8,11-12H,3-4H2,(H,16,18)(H,17,19)(H,20,21)/t11-,12+/m1/s1. The van der Waals surface area contributed by atoms with Crippen LogP contribution >= 0.6 is 0 Å². The molecular weight excluding hydrogens is 270 g/mol. The van der Waals surface area contributed by atoms with Gasteiger partial charge in [0.1, 0.15) is 0 Å². The lowest BCUT2D eigenvalue weighted by atomic mass is 9.82. The van der Waals surface area contributed by atoms with E-state index in [1.165, 1.54) is 0 Å². The number of carboxylic acid groups (broad SMARTS) is 1. The number of amides is 1. The van der Waals surface area contributed by atoms with Crippen LogP contribution in [-0.2, 0) is 9.59 Å². The first-order valence-electron chi connectivity index (χ1n) is 6.77. The largest absolute Gasteiger partial charge is 0.481 e. The van der Waals surface area contributed by atoms with Crippen molar-refractivity contribution in [2.45, 2.75) is 12.8 Å². The number of aliphatic carboxylic acids is 1. The van der Waals surface area contributed by atoms with Crippen molar-refractivity contribution in [1.82, 2.24) is 10.2 Å². The van der Waals surface area contributed by atoms with E-state index in [1.807, 2.05) is 18.2 Å². The molecule has 1 heterocycles. The molecule has 0 saturated carbocycles. The molecular formula is C15H15N3O3. The number of carbonyl (C=O) groups is 2. The zero-order valence-corrected chi connectivity index (χ0v) is 11.2. The van der Waals surface area contributed by atoms with E-state index < -0.39 is 17.8 Å². The molecule has 1 aliphatic rings. The molecule has 108 valence electrons. The summed E-state index contributed by atoms with van der Waals surface area (Å²) in [5.74, 6) is -2.38. The predicted octanol–water partition coefficient (Wildman–Crippen LogP) is 2.17. The summed E-state index contributed by atoms with van der Waals surface area (Å²) < 4.78 is 0. The highest BCUT2D eigenvalue weighted by atomic mass is 16.4. The highest BCUT2D eigenvalue weighted by molar-refractivity contribution is 5.97. The van der Waals surface area contributed by atoms with E-state index in [0.717, 1.165) is 10.9 Å². The number of carbonyl (C=O) groups excluding carboxylic acids is 1. The van der Waals surface area contributed by atoms with Gasteiger partial charge < -0.3 is 10.4 Å². The Labute approximate surface area is 120 Å². The van der Waals surface area contributed by atoms with E-state index in [4.69, 9.17) is 0 Å². The molecule has 3 N–H and O–H groups in total. The van der Waals surface area contributed by atoms with Crippen molar-refractivity contribution in [2.75, 3.05) is 5.32 Å². The van der Waals surface area contributed by atoms with Crippen molar-refractivity contribution in [3.8, 4) is 0 Å². The molecule has 0 saturated heterocycles. The number of hydrogen-bond donors (Lipinski definition) is 3. The number of anilines is 1. The highest BCUT2D eigenvalue weighted by Crippen LogP contribution is 2.27. The van der Waals surface area contributed by atoms with Gasteiger partial charge in [-0.3, -0.25) is 14.7 Å². The molecule has 1 amide bonds. The third-order valence-electron chi connectivity index (χ3n) is 3.80. The van der Waals surface area contributed by atoms with Crippen molar-refractivity contribution in [3.63, 3.8) is 0 Å². The number of fused-ring (bicyclic) bond motifs is 1. The molecule has 6 nitrogen and oxygen atoms in total.